The molecule has 0 N–H and O–H groups in total. The van der Waals surface area contributed by atoms with E-state index in [0.717, 1.165) is 0 Å². The van der Waals surface area contributed by atoms with Crippen LogP contribution < -0.4 is 0 Å². The van der Waals surface area contributed by atoms with Gasteiger partial charge >= 0.3 is 0 Å². The van der Waals surface area contributed by atoms with Crippen LogP contribution in [0, 0.1) is 0 Å². The van der Waals surface area contributed by atoms with Crippen molar-refractivity contribution in [2.75, 3.05) is 0 Å². The Balaban J connectivity index is 1.00. The maximum Gasteiger partial charge on any atom is -0.00201 e. The van der Waals surface area contributed by atoms with Crippen molar-refractivity contribution in [2.45, 2.75) is 0 Å². The van der Waals surface area contributed by atoms with Crippen molar-refractivity contribution in [1.82, 2.24) is 0 Å². The lowest BCUT2D eigenvalue weighted by Crippen LogP contribution is -1.93. The third-order valence-corrected chi connectivity index (χ3v) is 14.8. The zero-order chi connectivity index (χ0) is 46.1. The standard InChI is InChI=1S/C70H44/c1-2-18-47(19-3-1)65-41-49-22-6-7-23-50(49)42-66(65)52-35-38-59-56-37-36-53(40-54(56)44-67(68(59)43-52)51-34-33-45-17-4-5-21-48(45)39-51)69-61-28-12-14-30-63(61)70(64-31-15-13-29-62(64)69)60-27-11-10-26-58(60)57-32-16-24-46-20-8-9-25-55(46)57/h1-44H. The maximum atomic E-state index is 2.45. The first-order valence-electron chi connectivity index (χ1n) is 24.3. The fourth-order valence-electron chi connectivity index (χ4n) is 11.5. The quantitative estimate of drug-likeness (QED) is 0.115. The van der Waals surface area contributed by atoms with Crippen LogP contribution in [0.25, 0.3) is 142 Å². The zero-order valence-electron chi connectivity index (χ0n) is 38.4. The predicted molar refractivity (Wildman–Crippen MR) is 302 cm³/mol. The van der Waals surface area contributed by atoms with Gasteiger partial charge in [0.1, 0.15) is 0 Å². The Morgan fingerprint density at radius 1 is 0.143 bits per heavy atom. The normalized spacial score (nSPS) is 11.7. The van der Waals surface area contributed by atoms with Crippen LogP contribution in [0.3, 0.4) is 0 Å². The van der Waals surface area contributed by atoms with Crippen molar-refractivity contribution < 1.29 is 0 Å². The van der Waals surface area contributed by atoms with Gasteiger partial charge in [0.25, 0.3) is 0 Å². The lowest BCUT2D eigenvalue weighted by Gasteiger charge is -2.20. The van der Waals surface area contributed by atoms with Gasteiger partial charge in [0.15, 0.2) is 0 Å². The first kappa shape index (κ1) is 40.0. The molecule has 0 nitrogen and oxygen atoms in total. The lowest BCUT2D eigenvalue weighted by molar-refractivity contribution is 1.62. The third kappa shape index (κ3) is 6.53. The van der Waals surface area contributed by atoms with E-state index in [2.05, 4.69) is 267 Å². The molecule has 324 valence electrons. The summed E-state index contributed by atoms with van der Waals surface area (Å²) in [4.78, 5) is 0. The van der Waals surface area contributed by atoms with E-state index in [9.17, 15) is 0 Å². The second-order valence-corrected chi connectivity index (χ2v) is 18.7. The van der Waals surface area contributed by atoms with Crippen LogP contribution in [0.4, 0.5) is 0 Å². The van der Waals surface area contributed by atoms with Crippen LogP contribution in [0.15, 0.2) is 267 Å². The molecule has 0 unspecified atom stereocenters. The molecular formula is C70H44. The summed E-state index contributed by atoms with van der Waals surface area (Å²) < 4.78 is 0. The highest BCUT2D eigenvalue weighted by Gasteiger charge is 2.21. The van der Waals surface area contributed by atoms with Gasteiger partial charge in [-0.3, -0.25) is 0 Å². The first-order valence-corrected chi connectivity index (χ1v) is 24.3. The van der Waals surface area contributed by atoms with E-state index >= 15 is 0 Å². The topological polar surface area (TPSA) is 0 Å². The Bertz CT molecular complexity index is 4340. The lowest BCUT2D eigenvalue weighted by atomic mass is 9.82. The molecule has 0 saturated carbocycles. The number of hydrogen-bond donors (Lipinski definition) is 0. The van der Waals surface area contributed by atoms with E-state index in [1.54, 1.807) is 0 Å². The van der Waals surface area contributed by atoms with Gasteiger partial charge in [-0.15, -0.1) is 0 Å². The fourth-order valence-corrected chi connectivity index (χ4v) is 11.5. The molecule has 0 saturated heterocycles. The molecule has 0 aliphatic carbocycles. The van der Waals surface area contributed by atoms with Gasteiger partial charge in [0, 0.05) is 0 Å². The van der Waals surface area contributed by atoms with Gasteiger partial charge in [0.05, 0.1) is 0 Å². The van der Waals surface area contributed by atoms with Crippen LogP contribution in [0.2, 0.25) is 0 Å². The highest BCUT2D eigenvalue weighted by atomic mass is 14.2. The third-order valence-electron chi connectivity index (χ3n) is 14.8. The predicted octanol–water partition coefficient (Wildman–Crippen LogP) is 19.8. The first-order chi connectivity index (χ1) is 34.7. The fraction of sp³-hybridized carbons (Fsp3) is 0. The van der Waals surface area contributed by atoms with Gasteiger partial charge in [0.2, 0.25) is 0 Å². The number of hydrogen-bond acceptors (Lipinski definition) is 0. The molecule has 14 aromatic carbocycles. The molecule has 0 atom stereocenters. The summed E-state index contributed by atoms with van der Waals surface area (Å²) in [5.74, 6) is 0. The van der Waals surface area contributed by atoms with E-state index in [1.165, 1.54) is 142 Å². The maximum absolute atomic E-state index is 2.45. The van der Waals surface area contributed by atoms with Crippen molar-refractivity contribution >= 4 is 75.4 Å². The molecule has 0 spiro atoms. The molecule has 14 rings (SSSR count). The summed E-state index contributed by atoms with van der Waals surface area (Å²) in [6.07, 6.45) is 0. The average Bonchev–Trinajstić information content (AvgIpc) is 3.43. The van der Waals surface area contributed by atoms with Crippen LogP contribution >= 0.6 is 0 Å². The molecular weight excluding hydrogens is 841 g/mol. The molecule has 0 radical (unpaired) electrons. The van der Waals surface area contributed by atoms with Crippen molar-refractivity contribution in [2.24, 2.45) is 0 Å². The average molecular weight is 885 g/mol. The molecule has 0 bridgehead atoms. The summed E-state index contributed by atoms with van der Waals surface area (Å²) in [6, 6.07) is 99.2. The molecule has 14 aromatic rings. The van der Waals surface area contributed by atoms with E-state index in [0.29, 0.717) is 0 Å². The second kappa shape index (κ2) is 16.3. The largest absolute Gasteiger partial charge is 0.0622 e. The molecule has 0 aromatic heterocycles. The van der Waals surface area contributed by atoms with Crippen LogP contribution in [0.5, 0.6) is 0 Å². The van der Waals surface area contributed by atoms with Gasteiger partial charge in [-0.1, -0.05) is 231 Å². The summed E-state index contributed by atoms with van der Waals surface area (Å²) in [6.45, 7) is 0. The zero-order valence-corrected chi connectivity index (χ0v) is 38.4. The molecule has 0 amide bonds. The summed E-state index contributed by atoms with van der Waals surface area (Å²) >= 11 is 0. The number of fused-ring (bicyclic) bond motifs is 8. The molecule has 70 heavy (non-hydrogen) atoms. The van der Waals surface area contributed by atoms with Crippen LogP contribution in [-0.2, 0) is 0 Å². The van der Waals surface area contributed by atoms with Crippen molar-refractivity contribution in [3.63, 3.8) is 0 Å². The van der Waals surface area contributed by atoms with E-state index in [-0.39, 0.29) is 0 Å². The van der Waals surface area contributed by atoms with Crippen molar-refractivity contribution in [3.8, 4) is 66.8 Å². The highest BCUT2D eigenvalue weighted by molar-refractivity contribution is 6.24. The minimum Gasteiger partial charge on any atom is -0.0622 e. The molecule has 0 aliphatic heterocycles. The Hall–Kier alpha value is -9.10. The van der Waals surface area contributed by atoms with Crippen LogP contribution in [-0.4, -0.2) is 0 Å². The highest BCUT2D eigenvalue weighted by Crippen LogP contribution is 2.48. The Kier molecular flexibility index (Phi) is 9.32. The van der Waals surface area contributed by atoms with Gasteiger partial charge in [-0.25, -0.2) is 0 Å². The Labute approximate surface area is 407 Å². The van der Waals surface area contributed by atoms with Crippen LogP contribution in [0.1, 0.15) is 0 Å². The van der Waals surface area contributed by atoms with E-state index in [1.807, 2.05) is 0 Å². The summed E-state index contributed by atoms with van der Waals surface area (Å²) in [5, 5.41) is 17.4. The van der Waals surface area contributed by atoms with Gasteiger partial charge in [-0.05, 0) is 179 Å². The monoisotopic (exact) mass is 884 g/mol. The second-order valence-electron chi connectivity index (χ2n) is 18.7. The Morgan fingerprint density at radius 2 is 0.600 bits per heavy atom. The van der Waals surface area contributed by atoms with Gasteiger partial charge in [-0.2, -0.15) is 0 Å². The van der Waals surface area contributed by atoms with Crippen molar-refractivity contribution in [1.29, 1.82) is 0 Å². The molecule has 0 aliphatic rings. The van der Waals surface area contributed by atoms with E-state index < -0.39 is 0 Å². The smallest absolute Gasteiger partial charge is 0.00201 e. The molecule has 0 fully saturated rings. The minimum absolute atomic E-state index is 1.20. The number of rotatable bonds is 6. The Morgan fingerprint density at radius 3 is 1.31 bits per heavy atom. The SMILES string of the molecule is c1ccc(-c2cc3ccccc3cc2-c2ccc3c(c2)c(-c2ccc4ccccc4c2)cc2cc(-c4c5ccccc5c(-c5ccccc5-c5cccc6ccccc56)c5ccccc45)ccc23)cc1. The summed E-state index contributed by atoms with van der Waals surface area (Å²) in [5.41, 5.74) is 14.8. The van der Waals surface area contributed by atoms with Gasteiger partial charge < -0.3 is 0 Å². The minimum atomic E-state index is 1.20. The molecule has 0 heteroatoms. The van der Waals surface area contributed by atoms with E-state index in [4.69, 9.17) is 0 Å². The summed E-state index contributed by atoms with van der Waals surface area (Å²) in [7, 11) is 0. The molecule has 0 heterocycles. The van der Waals surface area contributed by atoms with Crippen molar-refractivity contribution in [3.05, 3.63) is 267 Å². The number of benzene rings is 14.